The number of halogens is 1. The molecule has 1 fully saturated rings. The number of aromatic amines is 1. The summed E-state index contributed by atoms with van der Waals surface area (Å²) in [5, 5.41) is 14.7. The molecule has 1 aliphatic rings. The van der Waals surface area contributed by atoms with Gasteiger partial charge in [-0.3, -0.25) is 4.98 Å². The Hall–Kier alpha value is -2.57. The van der Waals surface area contributed by atoms with Gasteiger partial charge in [0.15, 0.2) is 5.11 Å². The molecule has 0 amide bonds. The summed E-state index contributed by atoms with van der Waals surface area (Å²) < 4.78 is 0. The molecule has 0 radical (unpaired) electrons. The van der Waals surface area contributed by atoms with Gasteiger partial charge in [-0.25, -0.2) is 0 Å². The van der Waals surface area contributed by atoms with Gasteiger partial charge in [0.1, 0.15) is 11.8 Å². The van der Waals surface area contributed by atoms with E-state index in [1.54, 1.807) is 24.4 Å². The van der Waals surface area contributed by atoms with Gasteiger partial charge in [-0.15, -0.1) is 0 Å². The van der Waals surface area contributed by atoms with E-state index in [2.05, 4.69) is 15.3 Å². The summed E-state index contributed by atoms with van der Waals surface area (Å²) in [6.07, 6.45) is 3.62. The van der Waals surface area contributed by atoms with Crippen molar-refractivity contribution >= 4 is 34.6 Å². The minimum Gasteiger partial charge on any atom is -0.506 e. The average Bonchev–Trinajstić information content (AvgIpc) is 3.25. The largest absolute Gasteiger partial charge is 0.506 e. The van der Waals surface area contributed by atoms with Gasteiger partial charge in [0.05, 0.1) is 17.4 Å². The van der Waals surface area contributed by atoms with E-state index >= 15 is 0 Å². The van der Waals surface area contributed by atoms with Crippen LogP contribution in [0.3, 0.4) is 0 Å². The number of aromatic hydroxyl groups is 1. The fraction of sp³-hybridized carbons (Fsp3) is 0.111. The summed E-state index contributed by atoms with van der Waals surface area (Å²) in [4.78, 5) is 9.60. The second-order valence-corrected chi connectivity index (χ2v) is 6.58. The van der Waals surface area contributed by atoms with Crippen LogP contribution >= 0.6 is 23.8 Å². The zero-order valence-electron chi connectivity index (χ0n) is 13.1. The van der Waals surface area contributed by atoms with Crippen molar-refractivity contribution in [1.82, 2.24) is 15.3 Å². The third-order valence-corrected chi connectivity index (χ3v) is 4.79. The normalized spacial score (nSPS) is 19.9. The molecule has 1 saturated heterocycles. The second kappa shape index (κ2) is 6.38. The minimum atomic E-state index is -0.193. The fourth-order valence-electron chi connectivity index (χ4n) is 3.15. The van der Waals surface area contributed by atoms with Crippen LogP contribution in [-0.4, -0.2) is 20.2 Å². The molecule has 2 atom stereocenters. The highest BCUT2D eigenvalue weighted by Gasteiger charge is 2.42. The highest BCUT2D eigenvalue weighted by atomic mass is 35.5. The van der Waals surface area contributed by atoms with Crippen molar-refractivity contribution in [1.29, 1.82) is 0 Å². The van der Waals surface area contributed by atoms with Crippen molar-refractivity contribution in [3.05, 3.63) is 77.3 Å². The number of benzene rings is 1. The highest BCUT2D eigenvalue weighted by molar-refractivity contribution is 7.80. The van der Waals surface area contributed by atoms with Crippen LogP contribution in [0.4, 0.5) is 5.69 Å². The van der Waals surface area contributed by atoms with Gasteiger partial charge >= 0.3 is 0 Å². The van der Waals surface area contributed by atoms with Gasteiger partial charge in [0, 0.05) is 23.1 Å². The Morgan fingerprint density at radius 2 is 2.04 bits per heavy atom. The number of nitrogens with zero attached hydrogens (tertiary/aromatic N) is 2. The predicted molar refractivity (Wildman–Crippen MR) is 102 cm³/mol. The molecule has 7 heteroatoms. The van der Waals surface area contributed by atoms with Crippen LogP contribution in [0.1, 0.15) is 23.5 Å². The predicted octanol–water partition coefficient (Wildman–Crippen LogP) is 3.95. The quantitative estimate of drug-likeness (QED) is 0.609. The lowest BCUT2D eigenvalue weighted by Crippen LogP contribution is -2.29. The maximum atomic E-state index is 10.4. The molecule has 0 aliphatic carbocycles. The lowest BCUT2D eigenvalue weighted by molar-refractivity contribution is 0.472. The van der Waals surface area contributed by atoms with Gasteiger partial charge in [0.2, 0.25) is 0 Å². The maximum Gasteiger partial charge on any atom is 0.174 e. The number of hydrogen-bond donors (Lipinski definition) is 3. The number of pyridine rings is 1. The minimum absolute atomic E-state index is 0.117. The molecule has 25 heavy (non-hydrogen) atoms. The maximum absolute atomic E-state index is 10.4. The van der Waals surface area contributed by atoms with E-state index in [-0.39, 0.29) is 17.8 Å². The van der Waals surface area contributed by atoms with E-state index in [0.29, 0.717) is 15.8 Å². The van der Waals surface area contributed by atoms with Crippen molar-refractivity contribution in [2.45, 2.75) is 12.1 Å². The lowest BCUT2D eigenvalue weighted by Gasteiger charge is -2.27. The molecule has 3 N–H and O–H groups in total. The van der Waals surface area contributed by atoms with Gasteiger partial charge in [0.25, 0.3) is 0 Å². The fourth-order valence-corrected chi connectivity index (χ4v) is 3.65. The molecular formula is C18H15ClN4OS. The van der Waals surface area contributed by atoms with Gasteiger partial charge < -0.3 is 20.3 Å². The standard InChI is InChI=1S/C18H15ClN4OS/c19-11-6-7-15(24)14(10-11)23-17(13-5-3-9-21-13)16(22-18(23)25)12-4-1-2-8-20-12/h1-10,16-17,21,24H,(H,22,25)/t16-,17-/m1/s1. The molecule has 126 valence electrons. The topological polar surface area (TPSA) is 64.2 Å². The lowest BCUT2D eigenvalue weighted by atomic mass is 10.0. The third kappa shape index (κ3) is 2.83. The number of hydrogen-bond acceptors (Lipinski definition) is 3. The van der Waals surface area contributed by atoms with Crippen LogP contribution in [0.5, 0.6) is 5.75 Å². The number of aromatic nitrogens is 2. The Bertz CT molecular complexity index is 901. The molecule has 3 heterocycles. The molecule has 0 bridgehead atoms. The van der Waals surface area contributed by atoms with Crippen molar-refractivity contribution in [3.63, 3.8) is 0 Å². The summed E-state index contributed by atoms with van der Waals surface area (Å²) in [5.41, 5.74) is 2.39. The number of nitrogens with one attached hydrogen (secondary N) is 2. The number of thiocarbonyl (C=S) groups is 1. The molecule has 4 rings (SSSR count). The smallest absolute Gasteiger partial charge is 0.174 e. The van der Waals surface area contributed by atoms with Crippen LogP contribution in [0, 0.1) is 0 Å². The van der Waals surface area contributed by atoms with E-state index in [1.807, 2.05) is 41.4 Å². The van der Waals surface area contributed by atoms with E-state index in [1.165, 1.54) is 0 Å². The zero-order valence-corrected chi connectivity index (χ0v) is 14.6. The van der Waals surface area contributed by atoms with Crippen molar-refractivity contribution < 1.29 is 5.11 Å². The van der Waals surface area contributed by atoms with Crippen LogP contribution in [0.15, 0.2) is 60.9 Å². The summed E-state index contributed by atoms with van der Waals surface area (Å²) in [6, 6.07) is 14.3. The van der Waals surface area contributed by atoms with E-state index in [4.69, 9.17) is 23.8 Å². The Kier molecular flexibility index (Phi) is 4.07. The number of phenols is 1. The number of anilines is 1. The highest BCUT2D eigenvalue weighted by Crippen LogP contribution is 2.44. The molecule has 2 aromatic heterocycles. The van der Waals surface area contributed by atoms with E-state index in [9.17, 15) is 5.11 Å². The summed E-state index contributed by atoms with van der Waals surface area (Å²) in [6.45, 7) is 0. The van der Waals surface area contributed by atoms with E-state index in [0.717, 1.165) is 11.4 Å². The Labute approximate surface area is 155 Å². The Morgan fingerprint density at radius 3 is 2.76 bits per heavy atom. The summed E-state index contributed by atoms with van der Waals surface area (Å²) in [7, 11) is 0. The zero-order chi connectivity index (χ0) is 17.4. The first-order valence-electron chi connectivity index (χ1n) is 7.77. The number of H-pyrrole nitrogens is 1. The molecule has 1 aliphatic heterocycles. The Balaban J connectivity index is 1.85. The summed E-state index contributed by atoms with van der Waals surface area (Å²) in [5.74, 6) is 0.117. The first-order valence-corrected chi connectivity index (χ1v) is 8.56. The van der Waals surface area contributed by atoms with E-state index < -0.39 is 0 Å². The van der Waals surface area contributed by atoms with Crippen molar-refractivity contribution in [2.24, 2.45) is 0 Å². The number of phenolic OH excluding ortho intramolecular Hbond substituents is 1. The first-order chi connectivity index (χ1) is 12.1. The van der Waals surface area contributed by atoms with Crippen LogP contribution < -0.4 is 10.2 Å². The SMILES string of the molecule is Oc1ccc(Cl)cc1N1C(=S)N[C@H](c2ccccn2)[C@H]1c1ccc[nH]1. The van der Waals surface area contributed by atoms with Crippen LogP contribution in [0.25, 0.3) is 0 Å². The molecular weight excluding hydrogens is 356 g/mol. The average molecular weight is 371 g/mol. The second-order valence-electron chi connectivity index (χ2n) is 5.76. The van der Waals surface area contributed by atoms with Gasteiger partial charge in [-0.05, 0) is 54.7 Å². The van der Waals surface area contributed by atoms with Gasteiger partial charge in [-0.1, -0.05) is 17.7 Å². The number of rotatable bonds is 3. The van der Waals surface area contributed by atoms with Crippen molar-refractivity contribution in [3.8, 4) is 5.75 Å². The summed E-state index contributed by atoms with van der Waals surface area (Å²) >= 11 is 11.7. The van der Waals surface area contributed by atoms with Crippen molar-refractivity contribution in [2.75, 3.05) is 4.90 Å². The third-order valence-electron chi connectivity index (χ3n) is 4.24. The Morgan fingerprint density at radius 1 is 1.16 bits per heavy atom. The van der Waals surface area contributed by atoms with Crippen LogP contribution in [0.2, 0.25) is 5.02 Å². The monoisotopic (exact) mass is 370 g/mol. The molecule has 1 aromatic carbocycles. The molecule has 0 saturated carbocycles. The van der Waals surface area contributed by atoms with Gasteiger partial charge in [-0.2, -0.15) is 0 Å². The first kappa shape index (κ1) is 15.9. The molecule has 5 nitrogen and oxygen atoms in total. The molecule has 3 aromatic rings. The van der Waals surface area contributed by atoms with Crippen LogP contribution in [-0.2, 0) is 0 Å². The molecule has 0 unspecified atom stereocenters. The molecule has 0 spiro atoms.